The summed E-state index contributed by atoms with van der Waals surface area (Å²) in [5.74, 6) is -1.03. The average molecular weight is 366 g/mol. The number of halogens is 1. The number of hydrogen-bond donors (Lipinski definition) is 3. The third kappa shape index (κ3) is 3.62. The second kappa shape index (κ2) is 7.11. The molecule has 27 heavy (non-hydrogen) atoms. The van der Waals surface area contributed by atoms with Crippen LogP contribution < -0.4 is 10.6 Å². The predicted octanol–water partition coefficient (Wildman–Crippen LogP) is 4.19. The number of likely N-dealkylation sites (tertiary alicyclic amines) is 1. The number of hydrogen-bond acceptors (Lipinski definition) is 2. The van der Waals surface area contributed by atoms with Gasteiger partial charge in [0.05, 0.1) is 11.3 Å². The van der Waals surface area contributed by atoms with Crippen LogP contribution in [0.1, 0.15) is 23.2 Å². The number of carbonyl (C=O) groups excluding carboxylic acids is 2. The van der Waals surface area contributed by atoms with Gasteiger partial charge in [-0.15, -0.1) is 0 Å². The van der Waals surface area contributed by atoms with Crippen LogP contribution in [0.3, 0.4) is 0 Å². The Kier molecular flexibility index (Phi) is 4.50. The second-order valence-corrected chi connectivity index (χ2v) is 6.55. The minimum Gasteiger partial charge on any atom is -0.361 e. The molecule has 1 saturated heterocycles. The van der Waals surface area contributed by atoms with Crippen LogP contribution in [0.5, 0.6) is 0 Å². The molecule has 1 aromatic heterocycles. The van der Waals surface area contributed by atoms with Gasteiger partial charge in [-0.3, -0.25) is 4.79 Å². The molecule has 138 valence electrons. The first kappa shape index (κ1) is 17.1. The first-order valence-electron chi connectivity index (χ1n) is 8.84. The molecule has 0 spiro atoms. The fourth-order valence-corrected chi connectivity index (χ4v) is 3.26. The van der Waals surface area contributed by atoms with E-state index in [1.54, 1.807) is 11.0 Å². The molecule has 3 N–H and O–H groups in total. The maximum Gasteiger partial charge on any atom is 0.321 e. The lowest BCUT2D eigenvalue weighted by atomic mass is 10.1. The first-order valence-corrected chi connectivity index (χ1v) is 8.84. The van der Waals surface area contributed by atoms with E-state index in [2.05, 4.69) is 15.6 Å². The fraction of sp³-hybridized carbons (Fsp3) is 0.200. The van der Waals surface area contributed by atoms with Crippen LogP contribution in [-0.4, -0.2) is 34.9 Å². The van der Waals surface area contributed by atoms with Crippen molar-refractivity contribution in [2.75, 3.05) is 23.7 Å². The van der Waals surface area contributed by atoms with Gasteiger partial charge in [-0.1, -0.05) is 0 Å². The number of aromatic nitrogens is 1. The number of nitrogens with zero attached hydrogens (tertiary/aromatic N) is 1. The minimum atomic E-state index is -0.541. The largest absolute Gasteiger partial charge is 0.361 e. The molecule has 0 unspecified atom stereocenters. The first-order chi connectivity index (χ1) is 13.1. The number of carbonyl (C=O) groups is 2. The van der Waals surface area contributed by atoms with E-state index in [0.717, 1.165) is 29.8 Å². The number of anilines is 2. The van der Waals surface area contributed by atoms with Gasteiger partial charge in [0.2, 0.25) is 0 Å². The molecular formula is C20H19FN4O2. The van der Waals surface area contributed by atoms with E-state index < -0.39 is 11.7 Å². The summed E-state index contributed by atoms with van der Waals surface area (Å²) in [5, 5.41) is 6.45. The highest BCUT2D eigenvalue weighted by molar-refractivity contribution is 6.10. The molecule has 1 aliphatic heterocycles. The Morgan fingerprint density at radius 3 is 2.63 bits per heavy atom. The highest BCUT2D eigenvalue weighted by Gasteiger charge is 2.21. The number of nitrogens with one attached hydrogen (secondary N) is 3. The average Bonchev–Trinajstić information content (AvgIpc) is 3.34. The van der Waals surface area contributed by atoms with Crippen LogP contribution in [0.2, 0.25) is 0 Å². The topological polar surface area (TPSA) is 77.2 Å². The monoisotopic (exact) mass is 366 g/mol. The molecule has 2 heterocycles. The summed E-state index contributed by atoms with van der Waals surface area (Å²) in [6, 6.07) is 10.8. The third-order valence-electron chi connectivity index (χ3n) is 4.67. The van der Waals surface area contributed by atoms with E-state index in [1.165, 1.54) is 12.1 Å². The second-order valence-electron chi connectivity index (χ2n) is 6.55. The Labute approximate surface area is 155 Å². The van der Waals surface area contributed by atoms with Crippen molar-refractivity contribution in [1.82, 2.24) is 9.88 Å². The van der Waals surface area contributed by atoms with Crippen molar-refractivity contribution in [2.45, 2.75) is 12.8 Å². The van der Waals surface area contributed by atoms with Gasteiger partial charge in [0.1, 0.15) is 5.82 Å². The van der Waals surface area contributed by atoms with Crippen LogP contribution in [0.4, 0.5) is 20.6 Å². The van der Waals surface area contributed by atoms with Crippen LogP contribution >= 0.6 is 0 Å². The van der Waals surface area contributed by atoms with E-state index in [0.29, 0.717) is 18.8 Å². The van der Waals surface area contributed by atoms with Gasteiger partial charge >= 0.3 is 6.03 Å². The molecule has 0 aliphatic carbocycles. The van der Waals surface area contributed by atoms with E-state index >= 15 is 0 Å². The lowest BCUT2D eigenvalue weighted by Gasteiger charge is -2.18. The lowest BCUT2D eigenvalue weighted by Crippen LogP contribution is -2.32. The zero-order valence-electron chi connectivity index (χ0n) is 14.6. The molecule has 3 aromatic rings. The summed E-state index contributed by atoms with van der Waals surface area (Å²) < 4.78 is 13.7. The minimum absolute atomic E-state index is 0.0803. The van der Waals surface area contributed by atoms with E-state index in [9.17, 15) is 14.0 Å². The predicted molar refractivity (Wildman–Crippen MR) is 102 cm³/mol. The quantitative estimate of drug-likeness (QED) is 0.650. The van der Waals surface area contributed by atoms with Crippen molar-refractivity contribution in [3.05, 3.63) is 60.0 Å². The number of aromatic amines is 1. The summed E-state index contributed by atoms with van der Waals surface area (Å²) in [6.07, 6.45) is 3.74. The van der Waals surface area contributed by atoms with Crippen molar-refractivity contribution >= 4 is 34.2 Å². The van der Waals surface area contributed by atoms with Crippen molar-refractivity contribution in [3.63, 3.8) is 0 Å². The Bertz CT molecular complexity index is 1010. The van der Waals surface area contributed by atoms with Gasteiger partial charge < -0.3 is 20.5 Å². The lowest BCUT2D eigenvalue weighted by molar-refractivity contribution is 0.102. The maximum atomic E-state index is 13.7. The summed E-state index contributed by atoms with van der Waals surface area (Å²) in [6.45, 7) is 1.37. The van der Waals surface area contributed by atoms with Gasteiger partial charge in [-0.25, -0.2) is 9.18 Å². The van der Waals surface area contributed by atoms with Crippen LogP contribution in [0.25, 0.3) is 10.9 Å². The Hall–Kier alpha value is -3.35. The molecule has 6 nitrogen and oxygen atoms in total. The van der Waals surface area contributed by atoms with Crippen LogP contribution in [-0.2, 0) is 0 Å². The molecular weight excluding hydrogens is 347 g/mol. The number of urea groups is 1. The number of rotatable bonds is 3. The van der Waals surface area contributed by atoms with Gasteiger partial charge in [0.25, 0.3) is 5.91 Å². The maximum absolute atomic E-state index is 13.7. The molecule has 1 aliphatic rings. The Morgan fingerprint density at radius 1 is 1.00 bits per heavy atom. The van der Waals surface area contributed by atoms with Crippen molar-refractivity contribution < 1.29 is 14.0 Å². The summed E-state index contributed by atoms with van der Waals surface area (Å²) in [5.41, 5.74) is 1.91. The van der Waals surface area contributed by atoms with Crippen LogP contribution in [0, 0.1) is 5.82 Å². The summed E-state index contributed by atoms with van der Waals surface area (Å²) >= 11 is 0. The molecule has 4 rings (SSSR count). The molecule has 0 saturated carbocycles. The molecule has 0 radical (unpaired) electrons. The van der Waals surface area contributed by atoms with E-state index in [-0.39, 0.29) is 17.3 Å². The Balaban J connectivity index is 1.56. The summed E-state index contributed by atoms with van der Waals surface area (Å²) in [7, 11) is 0. The zero-order valence-corrected chi connectivity index (χ0v) is 14.6. The third-order valence-corrected chi connectivity index (χ3v) is 4.67. The normalized spacial score (nSPS) is 13.7. The van der Waals surface area contributed by atoms with Gasteiger partial charge in [-0.2, -0.15) is 0 Å². The highest BCUT2D eigenvalue weighted by atomic mass is 19.1. The smallest absolute Gasteiger partial charge is 0.321 e. The van der Waals surface area contributed by atoms with Crippen molar-refractivity contribution in [1.29, 1.82) is 0 Å². The number of benzene rings is 2. The number of fused-ring (bicyclic) bond motifs is 1. The molecule has 0 atom stereocenters. The van der Waals surface area contributed by atoms with Crippen molar-refractivity contribution in [2.24, 2.45) is 0 Å². The van der Waals surface area contributed by atoms with Gasteiger partial charge in [0, 0.05) is 35.9 Å². The molecule has 0 bridgehead atoms. The van der Waals surface area contributed by atoms with Crippen LogP contribution in [0.15, 0.2) is 48.7 Å². The Morgan fingerprint density at radius 2 is 1.81 bits per heavy atom. The molecule has 1 fully saturated rings. The molecule has 3 amide bonds. The zero-order chi connectivity index (χ0) is 18.8. The standard InChI is InChI=1S/C20H19FN4O2/c21-14-3-5-18(24-20(27)25-9-1-2-10-25)16(12-14)19(26)23-15-4-6-17-13(11-15)7-8-22-17/h3-8,11-12,22H,1-2,9-10H2,(H,23,26)(H,24,27). The van der Waals surface area contributed by atoms with Gasteiger partial charge in [-0.05, 0) is 55.3 Å². The highest BCUT2D eigenvalue weighted by Crippen LogP contribution is 2.22. The van der Waals surface area contributed by atoms with E-state index in [4.69, 9.17) is 0 Å². The summed E-state index contributed by atoms with van der Waals surface area (Å²) in [4.78, 5) is 29.8. The fourth-order valence-electron chi connectivity index (χ4n) is 3.26. The number of H-pyrrole nitrogens is 1. The SMILES string of the molecule is O=C(Nc1ccc2[nH]ccc2c1)c1cc(F)ccc1NC(=O)N1CCCC1. The molecule has 2 aromatic carbocycles. The van der Waals surface area contributed by atoms with Crippen molar-refractivity contribution in [3.8, 4) is 0 Å². The van der Waals surface area contributed by atoms with E-state index in [1.807, 2.05) is 24.4 Å². The molecule has 7 heteroatoms. The number of amides is 3. The van der Waals surface area contributed by atoms with Gasteiger partial charge in [0.15, 0.2) is 0 Å².